The van der Waals surface area contributed by atoms with Crippen LogP contribution in [-0.4, -0.2) is 61.1 Å². The van der Waals surface area contributed by atoms with Gasteiger partial charge in [0.2, 0.25) is 5.91 Å². The van der Waals surface area contributed by atoms with Crippen LogP contribution < -0.4 is 5.73 Å². The lowest BCUT2D eigenvalue weighted by molar-refractivity contribution is -0.180. The monoisotopic (exact) mass is 368 g/mol. The third kappa shape index (κ3) is 3.01. The summed E-state index contributed by atoms with van der Waals surface area (Å²) in [6, 6.07) is -0.353. The minimum Gasteiger partial charge on any atom is -0.378 e. The highest BCUT2D eigenvalue weighted by Crippen LogP contribution is 2.51. The minimum absolute atomic E-state index is 0. The Morgan fingerprint density at radius 3 is 2.39 bits per heavy atom. The molecule has 23 heavy (non-hydrogen) atoms. The predicted octanol–water partition coefficient (Wildman–Crippen LogP) is 0.975. The van der Waals surface area contributed by atoms with Crippen molar-refractivity contribution in [1.82, 2.24) is 4.90 Å². The molecule has 0 aromatic carbocycles. The van der Waals surface area contributed by atoms with Gasteiger partial charge in [-0.3, -0.25) is 4.79 Å². The minimum atomic E-state index is -3.12. The van der Waals surface area contributed by atoms with E-state index in [1.54, 1.807) is 18.7 Å². The lowest BCUT2D eigenvalue weighted by atomic mass is 9.54. The molecule has 1 aliphatic carbocycles. The fourth-order valence-electron chi connectivity index (χ4n) is 3.51. The predicted molar refractivity (Wildman–Crippen MR) is 92.4 cm³/mol. The molecule has 136 valence electrons. The van der Waals surface area contributed by atoms with Crippen molar-refractivity contribution in [2.24, 2.45) is 11.1 Å². The number of carbonyl (C=O) groups excluding carboxylic acids is 1. The largest absolute Gasteiger partial charge is 0.378 e. The molecule has 1 saturated carbocycles. The van der Waals surface area contributed by atoms with Crippen LogP contribution in [0.4, 0.5) is 0 Å². The third-order valence-electron chi connectivity index (χ3n) is 5.83. The molecule has 1 aliphatic heterocycles. The average molecular weight is 369 g/mol. The van der Waals surface area contributed by atoms with Gasteiger partial charge in [0.05, 0.1) is 17.1 Å². The maximum Gasteiger partial charge on any atom is 0.243 e. The van der Waals surface area contributed by atoms with Gasteiger partial charge >= 0.3 is 0 Å². The van der Waals surface area contributed by atoms with Crippen molar-refractivity contribution in [3.8, 4) is 0 Å². The smallest absolute Gasteiger partial charge is 0.243 e. The lowest BCUT2D eigenvalue weighted by Crippen LogP contribution is -2.77. The summed E-state index contributed by atoms with van der Waals surface area (Å²) >= 11 is 0. The van der Waals surface area contributed by atoms with E-state index in [0.29, 0.717) is 13.0 Å². The number of ether oxygens (including phenoxy) is 1. The lowest BCUT2D eigenvalue weighted by Gasteiger charge is -2.59. The van der Waals surface area contributed by atoms with Gasteiger partial charge in [-0.1, -0.05) is 13.8 Å². The van der Waals surface area contributed by atoms with Gasteiger partial charge in [-0.25, -0.2) is 8.42 Å². The third-order valence-corrected chi connectivity index (χ3v) is 8.10. The van der Waals surface area contributed by atoms with Crippen molar-refractivity contribution in [2.45, 2.75) is 64.0 Å². The molecule has 4 atom stereocenters. The maximum absolute atomic E-state index is 13.0. The second-order valence-electron chi connectivity index (χ2n) is 7.15. The van der Waals surface area contributed by atoms with E-state index in [1.807, 2.05) is 20.8 Å². The first-order valence-corrected chi connectivity index (χ1v) is 9.63. The number of amides is 1. The molecular weight excluding hydrogens is 340 g/mol. The van der Waals surface area contributed by atoms with Crippen molar-refractivity contribution < 1.29 is 17.9 Å². The summed E-state index contributed by atoms with van der Waals surface area (Å²) in [5, 5.41) is -0.556. The summed E-state index contributed by atoms with van der Waals surface area (Å²) < 4.78 is 29.6. The molecule has 0 aromatic rings. The normalized spacial score (nSPS) is 38.3. The number of rotatable bonds is 3. The molecule has 4 unspecified atom stereocenters. The fraction of sp³-hybridized carbons (Fsp3) is 0.933. The van der Waals surface area contributed by atoms with Crippen LogP contribution in [0.25, 0.3) is 0 Å². The molecule has 1 heterocycles. The highest BCUT2D eigenvalue weighted by molar-refractivity contribution is 7.92. The average Bonchev–Trinajstić information content (AvgIpc) is 2.44. The van der Waals surface area contributed by atoms with Crippen LogP contribution in [0.1, 0.15) is 41.0 Å². The molecule has 0 bridgehead atoms. The van der Waals surface area contributed by atoms with Crippen molar-refractivity contribution in [2.75, 3.05) is 18.9 Å². The van der Waals surface area contributed by atoms with E-state index >= 15 is 0 Å². The van der Waals surface area contributed by atoms with Crippen LogP contribution in [0, 0.1) is 5.41 Å². The molecule has 0 aromatic heterocycles. The Labute approximate surface area is 145 Å². The van der Waals surface area contributed by atoms with E-state index < -0.39 is 26.0 Å². The number of halogens is 1. The molecule has 2 fully saturated rings. The number of hydrogen-bond acceptors (Lipinski definition) is 5. The molecule has 1 amide bonds. The van der Waals surface area contributed by atoms with Crippen molar-refractivity contribution in [3.63, 3.8) is 0 Å². The van der Waals surface area contributed by atoms with Crippen LogP contribution in [0.3, 0.4) is 0 Å². The second kappa shape index (κ2) is 6.50. The zero-order chi connectivity index (χ0) is 16.9. The van der Waals surface area contributed by atoms with Crippen LogP contribution in [-0.2, 0) is 19.4 Å². The summed E-state index contributed by atoms with van der Waals surface area (Å²) in [7, 11) is -3.12. The highest BCUT2D eigenvalue weighted by Gasteiger charge is 2.64. The van der Waals surface area contributed by atoms with Gasteiger partial charge in [-0.05, 0) is 20.8 Å². The number of hydrogen-bond donors (Lipinski definition) is 1. The van der Waals surface area contributed by atoms with Crippen LogP contribution in [0.15, 0.2) is 0 Å². The molecule has 0 radical (unpaired) electrons. The molecule has 2 rings (SSSR count). The van der Waals surface area contributed by atoms with Gasteiger partial charge in [0.15, 0.2) is 9.84 Å². The fourth-order valence-corrected chi connectivity index (χ4v) is 5.08. The van der Waals surface area contributed by atoms with Crippen LogP contribution >= 0.6 is 12.4 Å². The molecular formula is C15H29ClN2O4S. The van der Waals surface area contributed by atoms with Gasteiger partial charge in [0, 0.05) is 31.0 Å². The highest BCUT2D eigenvalue weighted by atomic mass is 35.5. The Balaban J connectivity index is 0.00000264. The number of nitrogens with two attached hydrogens (primary N) is 1. The van der Waals surface area contributed by atoms with Gasteiger partial charge in [0.1, 0.15) is 5.54 Å². The summed E-state index contributed by atoms with van der Waals surface area (Å²) in [5.41, 5.74) is 4.99. The van der Waals surface area contributed by atoms with Crippen molar-refractivity contribution in [3.05, 3.63) is 0 Å². The van der Waals surface area contributed by atoms with E-state index in [-0.39, 0.29) is 42.8 Å². The Morgan fingerprint density at radius 2 is 1.91 bits per heavy atom. The standard InChI is InChI=1S/C15H28N2O4S.ClH/c1-6-21-12-9-15(16,14(12,4)5)13(18)17-7-8-22(19,20)11(3)10(17)2;/h10-12H,6-9,16H2,1-5H3;1H. The zero-order valence-electron chi connectivity index (χ0n) is 14.5. The Morgan fingerprint density at radius 1 is 1.35 bits per heavy atom. The topological polar surface area (TPSA) is 89.7 Å². The Kier molecular flexibility index (Phi) is 5.84. The summed E-state index contributed by atoms with van der Waals surface area (Å²) in [5.74, 6) is -0.141. The van der Waals surface area contributed by atoms with Gasteiger partial charge in [-0.2, -0.15) is 0 Å². The quantitative estimate of drug-likeness (QED) is 0.801. The molecule has 2 N–H and O–H groups in total. The molecule has 0 spiro atoms. The van der Waals surface area contributed by atoms with Gasteiger partial charge in [0.25, 0.3) is 0 Å². The van der Waals surface area contributed by atoms with Gasteiger partial charge in [-0.15, -0.1) is 12.4 Å². The maximum atomic E-state index is 13.0. The molecule has 6 nitrogen and oxygen atoms in total. The second-order valence-corrected chi connectivity index (χ2v) is 9.63. The van der Waals surface area contributed by atoms with E-state index in [0.717, 1.165) is 0 Å². The Bertz CT molecular complexity index is 566. The van der Waals surface area contributed by atoms with E-state index in [4.69, 9.17) is 10.5 Å². The van der Waals surface area contributed by atoms with Crippen molar-refractivity contribution in [1.29, 1.82) is 0 Å². The number of sulfone groups is 1. The first kappa shape index (κ1) is 20.7. The Hall–Kier alpha value is -0.370. The number of carbonyl (C=O) groups is 1. The first-order chi connectivity index (χ1) is 9.99. The van der Waals surface area contributed by atoms with Crippen LogP contribution in [0.2, 0.25) is 0 Å². The van der Waals surface area contributed by atoms with Crippen molar-refractivity contribution >= 4 is 28.2 Å². The SMILES string of the molecule is CCOC1CC(N)(C(=O)N2CCS(=O)(=O)C(C)C2C)C1(C)C.Cl. The van der Waals surface area contributed by atoms with Gasteiger partial charge < -0.3 is 15.4 Å². The van der Waals surface area contributed by atoms with E-state index in [9.17, 15) is 13.2 Å². The summed E-state index contributed by atoms with van der Waals surface area (Å²) in [6.07, 6.45) is 0.449. The zero-order valence-corrected chi connectivity index (χ0v) is 16.2. The van der Waals surface area contributed by atoms with Crippen LogP contribution in [0.5, 0.6) is 0 Å². The molecule has 2 aliphatic rings. The van der Waals surface area contributed by atoms with E-state index in [1.165, 1.54) is 0 Å². The van der Waals surface area contributed by atoms with E-state index in [2.05, 4.69) is 0 Å². The molecule has 1 saturated heterocycles. The summed E-state index contributed by atoms with van der Waals surface area (Å²) in [6.45, 7) is 10.1. The number of nitrogens with zero attached hydrogens (tertiary/aromatic N) is 1. The first-order valence-electron chi connectivity index (χ1n) is 7.92. The molecule has 8 heteroatoms. The summed E-state index contributed by atoms with van der Waals surface area (Å²) in [4.78, 5) is 14.6.